The summed E-state index contributed by atoms with van der Waals surface area (Å²) in [6.07, 6.45) is 16.1. The average Bonchev–Trinajstić information content (AvgIpc) is 2.79. The van der Waals surface area contributed by atoms with Crippen LogP contribution < -0.4 is 0 Å². The van der Waals surface area contributed by atoms with Crippen LogP contribution in [0.25, 0.3) is 0 Å². The van der Waals surface area contributed by atoms with Gasteiger partial charge in [-0.15, -0.1) is 0 Å². The Morgan fingerprint density at radius 2 is 1.65 bits per heavy atom. The number of rotatable bonds is 2. The maximum atomic E-state index is 11.4. The van der Waals surface area contributed by atoms with Crippen molar-refractivity contribution in [3.05, 3.63) is 0 Å². The number of fused-ring (bicyclic) bond motifs is 5. The summed E-state index contributed by atoms with van der Waals surface area (Å²) in [6, 6.07) is 0. The van der Waals surface area contributed by atoms with Crippen LogP contribution in [0, 0.1) is 34.5 Å². The maximum absolute atomic E-state index is 11.4. The molecule has 23 heavy (non-hydrogen) atoms. The van der Waals surface area contributed by atoms with Crippen LogP contribution in [0.4, 0.5) is 0 Å². The second-order valence-electron chi connectivity index (χ2n) is 10.2. The van der Waals surface area contributed by atoms with E-state index in [9.17, 15) is 5.11 Å². The van der Waals surface area contributed by atoms with Crippen LogP contribution in [0.15, 0.2) is 0 Å². The minimum Gasteiger partial charge on any atom is -0.389 e. The molecule has 0 radical (unpaired) electrons. The third-order valence-corrected chi connectivity index (χ3v) is 9.57. The molecule has 4 aliphatic rings. The highest BCUT2D eigenvalue weighted by molar-refractivity contribution is 5.13. The van der Waals surface area contributed by atoms with Gasteiger partial charge in [0, 0.05) is 0 Å². The topological polar surface area (TPSA) is 20.2 Å². The molecule has 0 aliphatic heterocycles. The summed E-state index contributed by atoms with van der Waals surface area (Å²) in [4.78, 5) is 0. The molecule has 1 nitrogen and oxygen atoms in total. The largest absolute Gasteiger partial charge is 0.389 e. The van der Waals surface area contributed by atoms with Gasteiger partial charge in [-0.2, -0.15) is 0 Å². The highest BCUT2D eigenvalue weighted by Gasteiger charge is 2.63. The zero-order chi connectivity index (χ0) is 16.3. The van der Waals surface area contributed by atoms with E-state index in [1.165, 1.54) is 57.8 Å². The molecule has 4 fully saturated rings. The van der Waals surface area contributed by atoms with Crippen molar-refractivity contribution in [2.45, 2.75) is 103 Å². The molecule has 0 aromatic carbocycles. The summed E-state index contributed by atoms with van der Waals surface area (Å²) < 4.78 is 0. The Balaban J connectivity index is 1.63. The lowest BCUT2D eigenvalue weighted by Gasteiger charge is -2.61. The van der Waals surface area contributed by atoms with Crippen molar-refractivity contribution in [3.63, 3.8) is 0 Å². The van der Waals surface area contributed by atoms with Crippen LogP contribution >= 0.6 is 0 Å². The molecule has 0 aromatic rings. The lowest BCUT2D eigenvalue weighted by molar-refractivity contribution is -0.153. The first-order valence-electron chi connectivity index (χ1n) is 10.7. The summed E-state index contributed by atoms with van der Waals surface area (Å²) in [5, 5.41) is 11.4. The molecule has 0 aromatic heterocycles. The summed E-state index contributed by atoms with van der Waals surface area (Å²) in [7, 11) is 0. The molecule has 0 spiro atoms. The van der Waals surface area contributed by atoms with E-state index in [4.69, 9.17) is 0 Å². The van der Waals surface area contributed by atoms with E-state index in [1.807, 2.05) is 0 Å². The molecule has 4 aliphatic carbocycles. The first kappa shape index (κ1) is 16.4. The SMILES string of the molecule is CCC[C@]1(O)CCC2C3CCC4CCCC[C@]4(C)C3CC[C@@]21C. The van der Waals surface area contributed by atoms with E-state index < -0.39 is 0 Å². The van der Waals surface area contributed by atoms with Gasteiger partial charge >= 0.3 is 0 Å². The normalized spacial score (nSPS) is 55.8. The van der Waals surface area contributed by atoms with Gasteiger partial charge in [0.05, 0.1) is 5.60 Å². The van der Waals surface area contributed by atoms with Crippen molar-refractivity contribution in [1.82, 2.24) is 0 Å². The Hall–Kier alpha value is -0.0400. The predicted octanol–water partition coefficient (Wildman–Crippen LogP) is 5.95. The predicted molar refractivity (Wildman–Crippen MR) is 96.2 cm³/mol. The van der Waals surface area contributed by atoms with E-state index in [-0.39, 0.29) is 11.0 Å². The van der Waals surface area contributed by atoms with Gasteiger partial charge in [0.15, 0.2) is 0 Å². The van der Waals surface area contributed by atoms with Crippen molar-refractivity contribution in [3.8, 4) is 0 Å². The summed E-state index contributed by atoms with van der Waals surface area (Å²) in [5.74, 6) is 3.69. The molecule has 4 unspecified atom stereocenters. The molecule has 0 amide bonds. The van der Waals surface area contributed by atoms with E-state index >= 15 is 0 Å². The van der Waals surface area contributed by atoms with Gasteiger partial charge in [0.25, 0.3) is 0 Å². The van der Waals surface area contributed by atoms with Crippen LogP contribution in [-0.2, 0) is 0 Å². The molecule has 7 atom stereocenters. The second-order valence-corrected chi connectivity index (χ2v) is 10.2. The van der Waals surface area contributed by atoms with E-state index in [2.05, 4.69) is 20.8 Å². The minimum atomic E-state index is -0.359. The molecular weight excluding hydrogens is 280 g/mol. The maximum Gasteiger partial charge on any atom is 0.0703 e. The van der Waals surface area contributed by atoms with Gasteiger partial charge in [-0.25, -0.2) is 0 Å². The number of aliphatic hydroxyl groups is 1. The van der Waals surface area contributed by atoms with Crippen molar-refractivity contribution in [2.24, 2.45) is 34.5 Å². The highest BCUT2D eigenvalue weighted by atomic mass is 16.3. The van der Waals surface area contributed by atoms with Crippen molar-refractivity contribution < 1.29 is 5.11 Å². The first-order valence-corrected chi connectivity index (χ1v) is 10.7. The molecule has 1 heteroatoms. The molecule has 0 heterocycles. The summed E-state index contributed by atoms with van der Waals surface area (Å²) >= 11 is 0. The van der Waals surface area contributed by atoms with Crippen LogP contribution in [-0.4, -0.2) is 10.7 Å². The monoisotopic (exact) mass is 318 g/mol. The highest BCUT2D eigenvalue weighted by Crippen LogP contribution is 2.68. The first-order chi connectivity index (χ1) is 10.9. The number of hydrogen-bond donors (Lipinski definition) is 1. The zero-order valence-corrected chi connectivity index (χ0v) is 15.7. The van der Waals surface area contributed by atoms with Crippen LogP contribution in [0.5, 0.6) is 0 Å². The van der Waals surface area contributed by atoms with Crippen LogP contribution in [0.3, 0.4) is 0 Å². The van der Waals surface area contributed by atoms with Crippen LogP contribution in [0.2, 0.25) is 0 Å². The molecule has 1 N–H and O–H groups in total. The van der Waals surface area contributed by atoms with Gasteiger partial charge in [0.2, 0.25) is 0 Å². The smallest absolute Gasteiger partial charge is 0.0703 e. The standard InChI is InChI=1S/C22H38O/c1-4-12-22(23)15-11-19-17-9-8-16-7-5-6-13-20(16,2)18(17)10-14-21(19,22)3/h16-19,23H,4-15H2,1-3H3/t16?,17?,18?,19?,20-,21-,22-/m0/s1. The molecule has 132 valence electrons. The van der Waals surface area contributed by atoms with E-state index in [0.717, 1.165) is 42.9 Å². The fourth-order valence-corrected chi connectivity index (χ4v) is 8.23. The average molecular weight is 319 g/mol. The van der Waals surface area contributed by atoms with Gasteiger partial charge in [-0.1, -0.05) is 40.0 Å². The zero-order valence-electron chi connectivity index (χ0n) is 15.7. The molecule has 0 bridgehead atoms. The summed E-state index contributed by atoms with van der Waals surface area (Å²) in [5.41, 5.74) is 0.484. The second kappa shape index (κ2) is 5.48. The Bertz CT molecular complexity index is 459. The van der Waals surface area contributed by atoms with Crippen molar-refractivity contribution >= 4 is 0 Å². The summed E-state index contributed by atoms with van der Waals surface area (Å²) in [6.45, 7) is 7.36. The molecule has 4 saturated carbocycles. The minimum absolute atomic E-state index is 0.210. The number of hydrogen-bond acceptors (Lipinski definition) is 1. The molecular formula is C22H38O. The Morgan fingerprint density at radius 3 is 2.43 bits per heavy atom. The van der Waals surface area contributed by atoms with Crippen LogP contribution in [0.1, 0.15) is 97.8 Å². The Labute approximate surface area is 143 Å². The third kappa shape index (κ3) is 2.14. The van der Waals surface area contributed by atoms with Crippen molar-refractivity contribution in [2.75, 3.05) is 0 Å². The van der Waals surface area contributed by atoms with E-state index in [1.54, 1.807) is 0 Å². The van der Waals surface area contributed by atoms with Gasteiger partial charge in [0.1, 0.15) is 0 Å². The van der Waals surface area contributed by atoms with Gasteiger partial charge in [-0.3, -0.25) is 0 Å². The molecule has 0 saturated heterocycles. The Morgan fingerprint density at radius 1 is 0.870 bits per heavy atom. The van der Waals surface area contributed by atoms with Crippen molar-refractivity contribution in [1.29, 1.82) is 0 Å². The molecule has 4 rings (SSSR count). The fraction of sp³-hybridized carbons (Fsp3) is 1.00. The van der Waals surface area contributed by atoms with Gasteiger partial charge in [-0.05, 0) is 92.3 Å². The lowest BCUT2D eigenvalue weighted by Crippen LogP contribution is -2.56. The lowest BCUT2D eigenvalue weighted by atomic mass is 9.44. The third-order valence-electron chi connectivity index (χ3n) is 9.57. The quantitative estimate of drug-likeness (QED) is 0.667. The fourth-order valence-electron chi connectivity index (χ4n) is 8.23. The van der Waals surface area contributed by atoms with E-state index in [0.29, 0.717) is 5.41 Å². The van der Waals surface area contributed by atoms with Gasteiger partial charge < -0.3 is 5.11 Å². The Kier molecular flexibility index (Phi) is 3.91.